The Morgan fingerprint density at radius 1 is 1.07 bits per heavy atom. The van der Waals surface area contributed by atoms with E-state index < -0.39 is 11.7 Å². The number of ether oxygens (including phenoxy) is 1. The highest BCUT2D eigenvalue weighted by Gasteiger charge is 2.34. The van der Waals surface area contributed by atoms with Gasteiger partial charge in [-0.3, -0.25) is 9.69 Å². The van der Waals surface area contributed by atoms with Crippen molar-refractivity contribution in [3.05, 3.63) is 124 Å². The molecule has 228 valence electrons. The van der Waals surface area contributed by atoms with Crippen LogP contribution in [0.1, 0.15) is 47.4 Å². The predicted molar refractivity (Wildman–Crippen MR) is 169 cm³/mol. The highest BCUT2D eigenvalue weighted by Crippen LogP contribution is 2.37. The summed E-state index contributed by atoms with van der Waals surface area (Å²) in [6.07, 6.45) is 6.71. The predicted octanol–water partition coefficient (Wildman–Crippen LogP) is 8.63. The molecule has 0 fully saturated rings. The summed E-state index contributed by atoms with van der Waals surface area (Å²) < 4.78 is 49.6. The molecule has 9 heteroatoms. The molecule has 0 radical (unpaired) electrons. The monoisotopic (exact) mass is 628 g/mol. The van der Waals surface area contributed by atoms with Gasteiger partial charge in [-0.05, 0) is 59.7 Å². The van der Waals surface area contributed by atoms with Crippen LogP contribution < -0.4 is 9.46 Å². The SMILES string of the molecule is CSNC(=O)Cc1cccc(OCCCN(Cc2cccc(C(F)(F)F)c2Cl)CC(C2=CCCC=C2)c2ccccc2)c1. The Labute approximate surface area is 261 Å². The minimum Gasteiger partial charge on any atom is -0.494 e. The lowest BCUT2D eigenvalue weighted by Crippen LogP contribution is -2.31. The maximum Gasteiger partial charge on any atom is 0.417 e. The molecule has 0 bridgehead atoms. The Bertz CT molecular complexity index is 1410. The Balaban J connectivity index is 1.51. The van der Waals surface area contributed by atoms with Gasteiger partial charge in [0.1, 0.15) is 5.75 Å². The maximum absolute atomic E-state index is 13.6. The molecule has 0 spiro atoms. The molecule has 43 heavy (non-hydrogen) atoms. The largest absolute Gasteiger partial charge is 0.494 e. The van der Waals surface area contributed by atoms with Gasteiger partial charge in [0.2, 0.25) is 5.91 Å². The van der Waals surface area contributed by atoms with Crippen molar-refractivity contribution in [3.63, 3.8) is 0 Å². The molecule has 0 aliphatic heterocycles. The Morgan fingerprint density at radius 3 is 2.58 bits per heavy atom. The van der Waals surface area contributed by atoms with Crippen molar-refractivity contribution >= 4 is 29.5 Å². The van der Waals surface area contributed by atoms with Crippen LogP contribution in [0.4, 0.5) is 13.2 Å². The molecule has 1 atom stereocenters. The van der Waals surface area contributed by atoms with Gasteiger partial charge in [-0.25, -0.2) is 0 Å². The minimum absolute atomic E-state index is 0.0485. The van der Waals surface area contributed by atoms with Gasteiger partial charge in [0.25, 0.3) is 0 Å². The number of hydrogen-bond donors (Lipinski definition) is 1. The van der Waals surface area contributed by atoms with Crippen LogP contribution in [0.25, 0.3) is 0 Å². The standard InChI is InChI=1S/C34H36ClF3N2O2S/c1-43-39-32(41)22-25-11-8-17-29(21-25)42-20-10-19-40(23-28-16-9-18-31(33(28)35)34(36,37)38)24-30(26-12-4-2-5-13-26)27-14-6-3-7-15-27/h2,4-6,8-9,11-18,21,30H,3,7,10,19-20,22-24H2,1H3,(H,39,41). The number of carbonyl (C=O) groups is 1. The number of hydrogen-bond acceptors (Lipinski definition) is 4. The quantitative estimate of drug-likeness (QED) is 0.143. The summed E-state index contributed by atoms with van der Waals surface area (Å²) in [4.78, 5) is 14.1. The van der Waals surface area contributed by atoms with E-state index in [-0.39, 0.29) is 29.8 Å². The van der Waals surface area contributed by atoms with E-state index in [0.717, 1.165) is 30.0 Å². The van der Waals surface area contributed by atoms with Crippen LogP contribution >= 0.6 is 23.5 Å². The molecular weight excluding hydrogens is 593 g/mol. The molecule has 0 saturated carbocycles. The normalized spacial score (nSPS) is 14.0. The molecule has 1 N–H and O–H groups in total. The van der Waals surface area contributed by atoms with Crippen LogP contribution in [-0.2, 0) is 23.9 Å². The summed E-state index contributed by atoms with van der Waals surface area (Å²) in [5.41, 5.74) is 2.83. The van der Waals surface area contributed by atoms with Gasteiger partial charge >= 0.3 is 6.18 Å². The van der Waals surface area contributed by atoms with Gasteiger partial charge in [-0.15, -0.1) is 0 Å². The maximum atomic E-state index is 13.6. The first-order valence-electron chi connectivity index (χ1n) is 14.3. The first kappa shape index (κ1) is 32.7. The van der Waals surface area contributed by atoms with Crippen molar-refractivity contribution in [3.8, 4) is 5.75 Å². The van der Waals surface area contributed by atoms with E-state index in [1.54, 1.807) is 12.3 Å². The molecule has 0 aromatic heterocycles. The number of amides is 1. The van der Waals surface area contributed by atoms with Gasteiger partial charge in [0.05, 0.1) is 23.6 Å². The summed E-state index contributed by atoms with van der Waals surface area (Å²) >= 11 is 7.59. The Hall–Kier alpha value is -3.20. The van der Waals surface area contributed by atoms with E-state index in [4.69, 9.17) is 16.3 Å². The van der Waals surface area contributed by atoms with Crippen molar-refractivity contribution in [2.75, 3.05) is 26.0 Å². The molecule has 1 amide bonds. The number of halogens is 4. The Morgan fingerprint density at radius 2 is 1.86 bits per heavy atom. The van der Waals surface area contributed by atoms with Crippen molar-refractivity contribution in [1.29, 1.82) is 0 Å². The number of allylic oxidation sites excluding steroid dienone is 3. The van der Waals surface area contributed by atoms with Gasteiger partial charge < -0.3 is 9.46 Å². The van der Waals surface area contributed by atoms with Crippen molar-refractivity contribution in [1.82, 2.24) is 9.62 Å². The van der Waals surface area contributed by atoms with Crippen molar-refractivity contribution in [2.24, 2.45) is 0 Å². The number of rotatable bonds is 14. The number of nitrogens with one attached hydrogen (secondary N) is 1. The highest BCUT2D eigenvalue weighted by atomic mass is 35.5. The van der Waals surface area contributed by atoms with Crippen LogP contribution in [0, 0.1) is 0 Å². The highest BCUT2D eigenvalue weighted by molar-refractivity contribution is 7.97. The van der Waals surface area contributed by atoms with Crippen LogP contribution in [0.5, 0.6) is 5.75 Å². The second-order valence-corrected chi connectivity index (χ2v) is 11.4. The van der Waals surface area contributed by atoms with Crippen LogP contribution in [0.3, 0.4) is 0 Å². The lowest BCUT2D eigenvalue weighted by molar-refractivity contribution is -0.137. The summed E-state index contributed by atoms with van der Waals surface area (Å²) in [7, 11) is 0. The molecular formula is C34H36ClF3N2O2S. The van der Waals surface area contributed by atoms with Crippen LogP contribution in [0.15, 0.2) is 96.6 Å². The van der Waals surface area contributed by atoms with E-state index in [1.165, 1.54) is 23.6 Å². The van der Waals surface area contributed by atoms with E-state index in [2.05, 4.69) is 40.0 Å². The molecule has 1 unspecified atom stereocenters. The molecule has 1 aliphatic carbocycles. The van der Waals surface area contributed by atoms with Crippen molar-refractivity contribution < 1.29 is 22.7 Å². The molecule has 4 rings (SSSR count). The van der Waals surface area contributed by atoms with Gasteiger partial charge in [-0.2, -0.15) is 13.2 Å². The number of nitrogens with zero attached hydrogens (tertiary/aromatic N) is 1. The van der Waals surface area contributed by atoms with Crippen LogP contribution in [0.2, 0.25) is 5.02 Å². The number of benzene rings is 3. The van der Waals surface area contributed by atoms with Gasteiger partial charge in [-0.1, -0.05) is 96.4 Å². The van der Waals surface area contributed by atoms with E-state index in [0.29, 0.717) is 37.4 Å². The van der Waals surface area contributed by atoms with Crippen LogP contribution in [-0.4, -0.2) is 36.8 Å². The average molecular weight is 629 g/mol. The number of alkyl halides is 3. The third kappa shape index (κ3) is 9.91. The smallest absolute Gasteiger partial charge is 0.417 e. The fourth-order valence-corrected chi connectivity index (χ4v) is 5.79. The average Bonchev–Trinajstić information content (AvgIpc) is 2.99. The minimum atomic E-state index is -4.53. The van der Waals surface area contributed by atoms with Crippen molar-refractivity contribution in [2.45, 2.75) is 44.3 Å². The molecule has 4 nitrogen and oxygen atoms in total. The second kappa shape index (κ2) is 16.0. The third-order valence-corrected chi connectivity index (χ3v) is 8.09. The zero-order valence-corrected chi connectivity index (χ0v) is 25.7. The fourth-order valence-electron chi connectivity index (χ4n) is 5.19. The zero-order chi connectivity index (χ0) is 30.7. The first-order chi connectivity index (χ1) is 20.7. The summed E-state index contributed by atoms with van der Waals surface area (Å²) in [5, 5.41) is -0.258. The topological polar surface area (TPSA) is 41.6 Å². The lowest BCUT2D eigenvalue weighted by atomic mass is 9.87. The first-order valence-corrected chi connectivity index (χ1v) is 15.9. The molecule has 3 aromatic carbocycles. The number of carbonyl (C=O) groups excluding carboxylic acids is 1. The third-order valence-electron chi connectivity index (χ3n) is 7.21. The van der Waals surface area contributed by atoms with Gasteiger partial charge in [0.15, 0.2) is 0 Å². The fraction of sp³-hybridized carbons (Fsp3) is 0.324. The second-order valence-electron chi connectivity index (χ2n) is 10.4. The van der Waals surface area contributed by atoms with E-state index >= 15 is 0 Å². The zero-order valence-electron chi connectivity index (χ0n) is 24.1. The van der Waals surface area contributed by atoms with Gasteiger partial charge in [0, 0.05) is 31.8 Å². The lowest BCUT2D eigenvalue weighted by Gasteiger charge is -2.30. The van der Waals surface area contributed by atoms with E-state index in [9.17, 15) is 18.0 Å². The molecule has 0 heterocycles. The molecule has 1 aliphatic rings. The molecule has 0 saturated heterocycles. The molecule has 3 aromatic rings. The summed E-state index contributed by atoms with van der Waals surface area (Å²) in [6.45, 7) is 1.87. The Kier molecular flexibility index (Phi) is 12.2. The van der Waals surface area contributed by atoms with E-state index in [1.807, 2.05) is 42.5 Å². The summed E-state index contributed by atoms with van der Waals surface area (Å²) in [5.74, 6) is 0.637. The summed E-state index contributed by atoms with van der Waals surface area (Å²) in [6, 6.07) is 21.7.